The van der Waals surface area contributed by atoms with E-state index in [0.29, 0.717) is 16.3 Å². The summed E-state index contributed by atoms with van der Waals surface area (Å²) in [4.78, 5) is 15.2. The molecule has 4 rings (SSSR count). The van der Waals surface area contributed by atoms with Gasteiger partial charge in [-0.3, -0.25) is 4.79 Å². The average Bonchev–Trinajstić information content (AvgIpc) is 2.98. The van der Waals surface area contributed by atoms with Gasteiger partial charge >= 0.3 is 0 Å². The number of carbonyl (C=O) groups excluding carboxylic acids is 1. The number of carbonyl (C=O) groups is 1. The second-order valence-corrected chi connectivity index (χ2v) is 7.65. The Morgan fingerprint density at radius 1 is 1.04 bits per heavy atom. The number of benzene rings is 1. The van der Waals surface area contributed by atoms with E-state index in [0.717, 1.165) is 41.7 Å². The highest BCUT2D eigenvalue weighted by atomic mass is 32.1. The molecule has 1 saturated heterocycles. The predicted octanol–water partition coefficient (Wildman–Crippen LogP) is 3.94. The molecule has 3 aromatic rings. The minimum absolute atomic E-state index is 0.202. The van der Waals surface area contributed by atoms with E-state index < -0.39 is 0 Å². The van der Waals surface area contributed by atoms with Gasteiger partial charge in [-0.2, -0.15) is 0 Å². The number of aryl methyl sites for hydroxylation is 1. The third kappa shape index (κ3) is 4.17. The molecule has 1 amide bonds. The molecule has 1 N–H and O–H groups in total. The fourth-order valence-corrected chi connectivity index (χ4v) is 3.88. The van der Waals surface area contributed by atoms with Crippen LogP contribution in [0.25, 0.3) is 11.3 Å². The van der Waals surface area contributed by atoms with Gasteiger partial charge in [-0.05, 0) is 55.6 Å². The van der Waals surface area contributed by atoms with Crippen molar-refractivity contribution in [2.24, 2.45) is 0 Å². The summed E-state index contributed by atoms with van der Waals surface area (Å²) in [6, 6.07) is 11.6. The molecule has 0 bridgehead atoms. The molecule has 1 aliphatic rings. The Labute approximate surface area is 168 Å². The van der Waals surface area contributed by atoms with Gasteiger partial charge in [-0.25, -0.2) is 0 Å². The van der Waals surface area contributed by atoms with Crippen LogP contribution in [0, 0.1) is 6.92 Å². The lowest BCUT2D eigenvalue weighted by atomic mass is 10.1. The normalized spacial score (nSPS) is 14.5. The van der Waals surface area contributed by atoms with Crippen LogP contribution in [0.2, 0.25) is 0 Å². The maximum absolute atomic E-state index is 12.4. The van der Waals surface area contributed by atoms with E-state index in [2.05, 4.69) is 30.0 Å². The van der Waals surface area contributed by atoms with Crippen LogP contribution in [0.5, 0.6) is 0 Å². The third-order valence-corrected chi connectivity index (χ3v) is 5.68. The molecule has 1 aliphatic heterocycles. The van der Waals surface area contributed by atoms with Crippen molar-refractivity contribution < 1.29 is 4.79 Å². The van der Waals surface area contributed by atoms with E-state index in [1.165, 1.54) is 25.7 Å². The number of rotatable bonds is 4. The molecule has 1 fully saturated rings. The molecule has 2 aromatic heterocycles. The van der Waals surface area contributed by atoms with Crippen molar-refractivity contribution in [1.29, 1.82) is 0 Å². The summed E-state index contributed by atoms with van der Waals surface area (Å²) in [6.45, 7) is 3.86. The standard InChI is InChI=1S/C20H22N6OS/c1-14-19(28-25-22-14)20(27)21-16-8-6-7-15(13-16)17-9-10-18(24-23-17)26-11-4-2-3-5-12-26/h6-10,13H,2-5,11-12H2,1H3,(H,21,27). The summed E-state index contributed by atoms with van der Waals surface area (Å²) < 4.78 is 3.81. The molecule has 0 spiro atoms. The quantitative estimate of drug-likeness (QED) is 0.722. The monoisotopic (exact) mass is 394 g/mol. The molecule has 7 nitrogen and oxygen atoms in total. The Bertz CT molecular complexity index is 947. The van der Waals surface area contributed by atoms with E-state index in [1.807, 2.05) is 36.4 Å². The van der Waals surface area contributed by atoms with Crippen LogP contribution in [-0.4, -0.2) is 38.8 Å². The summed E-state index contributed by atoms with van der Waals surface area (Å²) in [5.74, 6) is 0.732. The Kier molecular flexibility index (Phi) is 5.57. The summed E-state index contributed by atoms with van der Waals surface area (Å²) in [5.41, 5.74) is 3.03. The van der Waals surface area contributed by atoms with Gasteiger partial charge < -0.3 is 10.2 Å². The third-order valence-electron chi connectivity index (χ3n) is 4.85. The highest BCUT2D eigenvalue weighted by molar-refractivity contribution is 7.08. The molecule has 0 radical (unpaired) electrons. The minimum atomic E-state index is -0.202. The van der Waals surface area contributed by atoms with Crippen LogP contribution >= 0.6 is 11.5 Å². The van der Waals surface area contributed by atoms with E-state index in [4.69, 9.17) is 0 Å². The number of hydrogen-bond acceptors (Lipinski definition) is 7. The van der Waals surface area contributed by atoms with E-state index >= 15 is 0 Å². The second kappa shape index (κ2) is 8.43. The van der Waals surface area contributed by atoms with Crippen LogP contribution in [0.1, 0.15) is 41.0 Å². The molecule has 1 aromatic carbocycles. The highest BCUT2D eigenvalue weighted by Gasteiger charge is 2.14. The summed E-state index contributed by atoms with van der Waals surface area (Å²) in [6.07, 6.45) is 5.00. The van der Waals surface area contributed by atoms with Gasteiger partial charge in [0.15, 0.2) is 5.82 Å². The first-order valence-corrected chi connectivity index (χ1v) is 10.3. The molecular formula is C20H22N6OS. The van der Waals surface area contributed by atoms with Gasteiger partial charge in [0.1, 0.15) is 4.88 Å². The SMILES string of the molecule is Cc1nnsc1C(=O)Nc1cccc(-c2ccc(N3CCCCCC3)nn2)c1. The average molecular weight is 395 g/mol. The minimum Gasteiger partial charge on any atom is -0.355 e. The van der Waals surface area contributed by atoms with Gasteiger partial charge in [0, 0.05) is 24.3 Å². The van der Waals surface area contributed by atoms with Crippen molar-refractivity contribution in [1.82, 2.24) is 19.8 Å². The van der Waals surface area contributed by atoms with E-state index in [-0.39, 0.29) is 5.91 Å². The smallest absolute Gasteiger partial charge is 0.269 e. The van der Waals surface area contributed by atoms with Crippen molar-refractivity contribution in [2.75, 3.05) is 23.3 Å². The summed E-state index contributed by atoms with van der Waals surface area (Å²) in [7, 11) is 0. The fraction of sp³-hybridized carbons (Fsp3) is 0.350. The van der Waals surface area contributed by atoms with Crippen LogP contribution in [0.15, 0.2) is 36.4 Å². The zero-order valence-corrected chi connectivity index (χ0v) is 16.6. The zero-order chi connectivity index (χ0) is 19.3. The Hall–Kier alpha value is -2.87. The zero-order valence-electron chi connectivity index (χ0n) is 15.8. The van der Waals surface area contributed by atoms with Crippen molar-refractivity contribution >= 4 is 28.9 Å². The topological polar surface area (TPSA) is 83.9 Å². The van der Waals surface area contributed by atoms with Gasteiger partial charge in [0.05, 0.1) is 11.4 Å². The summed E-state index contributed by atoms with van der Waals surface area (Å²) in [5, 5.41) is 15.6. The predicted molar refractivity (Wildman–Crippen MR) is 111 cm³/mol. The van der Waals surface area contributed by atoms with Gasteiger partial charge in [-0.15, -0.1) is 15.3 Å². The van der Waals surface area contributed by atoms with E-state index in [1.54, 1.807) is 6.92 Å². The van der Waals surface area contributed by atoms with Crippen LogP contribution in [0.4, 0.5) is 11.5 Å². The first-order chi connectivity index (χ1) is 13.7. The lowest BCUT2D eigenvalue weighted by Crippen LogP contribution is -2.25. The molecule has 0 atom stereocenters. The number of hydrogen-bond donors (Lipinski definition) is 1. The van der Waals surface area contributed by atoms with Gasteiger partial charge in [0.2, 0.25) is 0 Å². The van der Waals surface area contributed by atoms with Crippen molar-refractivity contribution in [3.8, 4) is 11.3 Å². The van der Waals surface area contributed by atoms with Crippen LogP contribution in [0.3, 0.4) is 0 Å². The number of nitrogens with one attached hydrogen (secondary N) is 1. The Balaban J connectivity index is 1.49. The molecule has 28 heavy (non-hydrogen) atoms. The van der Waals surface area contributed by atoms with Crippen LogP contribution < -0.4 is 10.2 Å². The molecule has 0 aliphatic carbocycles. The number of amides is 1. The molecular weight excluding hydrogens is 372 g/mol. The van der Waals surface area contributed by atoms with Crippen LogP contribution in [-0.2, 0) is 0 Å². The first-order valence-electron chi connectivity index (χ1n) is 9.50. The number of aromatic nitrogens is 4. The highest BCUT2D eigenvalue weighted by Crippen LogP contribution is 2.23. The molecule has 0 unspecified atom stereocenters. The fourth-order valence-electron chi connectivity index (χ4n) is 3.33. The van der Waals surface area contributed by atoms with Gasteiger partial charge in [-0.1, -0.05) is 29.5 Å². The second-order valence-electron chi connectivity index (χ2n) is 6.90. The lowest BCUT2D eigenvalue weighted by molar-refractivity contribution is 0.103. The van der Waals surface area contributed by atoms with Crippen molar-refractivity contribution in [3.05, 3.63) is 47.0 Å². The van der Waals surface area contributed by atoms with Gasteiger partial charge in [0.25, 0.3) is 5.91 Å². The Morgan fingerprint density at radius 3 is 2.54 bits per heavy atom. The van der Waals surface area contributed by atoms with E-state index in [9.17, 15) is 4.79 Å². The molecule has 0 saturated carbocycles. The van der Waals surface area contributed by atoms with Crippen molar-refractivity contribution in [2.45, 2.75) is 32.6 Å². The van der Waals surface area contributed by atoms with Crippen molar-refractivity contribution in [3.63, 3.8) is 0 Å². The first kappa shape index (κ1) is 18.5. The number of anilines is 2. The largest absolute Gasteiger partial charge is 0.355 e. The molecule has 8 heteroatoms. The Morgan fingerprint density at radius 2 is 1.86 bits per heavy atom. The molecule has 144 valence electrons. The maximum atomic E-state index is 12.4. The maximum Gasteiger partial charge on any atom is 0.269 e. The lowest BCUT2D eigenvalue weighted by Gasteiger charge is -2.20. The summed E-state index contributed by atoms with van der Waals surface area (Å²) >= 11 is 1.09. The molecule has 3 heterocycles. The number of nitrogens with zero attached hydrogens (tertiary/aromatic N) is 5.